The second-order valence-corrected chi connectivity index (χ2v) is 13.4. The quantitative estimate of drug-likeness (QED) is 0.154. The highest BCUT2D eigenvalue weighted by atomic mass is 79.9. The third kappa shape index (κ3) is 8.80. The largest absolute Gasteiger partial charge is 0.354 e. The van der Waals surface area contributed by atoms with Gasteiger partial charge in [0.05, 0.1) is 10.6 Å². The number of carbonyl (C=O) groups is 2. The van der Waals surface area contributed by atoms with Gasteiger partial charge < -0.3 is 10.2 Å². The third-order valence-electron chi connectivity index (χ3n) is 7.27. The molecule has 0 aliphatic heterocycles. The van der Waals surface area contributed by atoms with Crippen molar-refractivity contribution in [2.75, 3.05) is 17.4 Å². The van der Waals surface area contributed by atoms with E-state index in [2.05, 4.69) is 21.2 Å². The first-order valence-corrected chi connectivity index (χ1v) is 16.9. The molecule has 0 aromatic heterocycles. The van der Waals surface area contributed by atoms with Gasteiger partial charge in [-0.25, -0.2) is 8.42 Å². The van der Waals surface area contributed by atoms with Crippen LogP contribution < -0.4 is 9.62 Å². The van der Waals surface area contributed by atoms with Gasteiger partial charge in [-0.2, -0.15) is 0 Å². The van der Waals surface area contributed by atoms with E-state index in [0.29, 0.717) is 12.2 Å². The number of nitrogens with zero attached hydrogens (tertiary/aromatic N) is 2. The van der Waals surface area contributed by atoms with Gasteiger partial charge in [0.25, 0.3) is 10.0 Å². The number of benzene rings is 4. The minimum Gasteiger partial charge on any atom is -0.354 e. The van der Waals surface area contributed by atoms with E-state index in [9.17, 15) is 18.0 Å². The number of anilines is 1. The first-order valence-electron chi connectivity index (χ1n) is 14.7. The predicted octanol–water partition coefficient (Wildman–Crippen LogP) is 6.51. The summed E-state index contributed by atoms with van der Waals surface area (Å²) in [6.07, 6.45) is 1.99. The fraction of sp³-hybridized carbons (Fsp3) is 0.257. The van der Waals surface area contributed by atoms with Gasteiger partial charge >= 0.3 is 0 Å². The van der Waals surface area contributed by atoms with Crippen LogP contribution in [0.1, 0.15) is 36.5 Å². The normalized spacial score (nSPS) is 11.9. The second kappa shape index (κ2) is 15.7. The van der Waals surface area contributed by atoms with E-state index in [4.69, 9.17) is 0 Å². The maximum atomic E-state index is 14.5. The molecule has 0 saturated heterocycles. The number of carbonyl (C=O) groups excluding carboxylic acids is 2. The number of unbranched alkanes of at least 4 members (excludes halogenated alkanes) is 1. The van der Waals surface area contributed by atoms with E-state index >= 15 is 0 Å². The molecular weight excluding hydrogens is 638 g/mol. The molecule has 0 unspecified atom stereocenters. The van der Waals surface area contributed by atoms with E-state index in [1.165, 1.54) is 17.0 Å². The number of hydrogen-bond acceptors (Lipinski definition) is 4. The summed E-state index contributed by atoms with van der Waals surface area (Å²) < 4.78 is 30.1. The Kier molecular flexibility index (Phi) is 11.7. The summed E-state index contributed by atoms with van der Waals surface area (Å²) in [7, 11) is -4.12. The second-order valence-electron chi connectivity index (χ2n) is 10.7. The molecule has 0 saturated carbocycles. The van der Waals surface area contributed by atoms with Crippen LogP contribution in [-0.2, 0) is 32.6 Å². The molecule has 0 fully saturated rings. The lowest BCUT2D eigenvalue weighted by Gasteiger charge is -2.34. The van der Waals surface area contributed by atoms with Crippen molar-refractivity contribution in [3.63, 3.8) is 0 Å². The topological polar surface area (TPSA) is 86.8 Å². The Morgan fingerprint density at radius 1 is 0.841 bits per heavy atom. The molecule has 7 nitrogen and oxygen atoms in total. The van der Waals surface area contributed by atoms with Crippen LogP contribution in [0.2, 0.25) is 0 Å². The van der Waals surface area contributed by atoms with Gasteiger partial charge in [0.2, 0.25) is 11.8 Å². The molecule has 1 atom stereocenters. The maximum Gasteiger partial charge on any atom is 0.264 e. The van der Waals surface area contributed by atoms with Crippen LogP contribution in [0.15, 0.2) is 119 Å². The van der Waals surface area contributed by atoms with Crippen LogP contribution in [0.3, 0.4) is 0 Å². The van der Waals surface area contributed by atoms with Crippen LogP contribution in [0.5, 0.6) is 0 Å². The molecule has 4 aromatic carbocycles. The van der Waals surface area contributed by atoms with E-state index in [1.54, 1.807) is 36.4 Å². The number of sulfonamides is 1. The molecule has 230 valence electrons. The number of halogens is 1. The lowest BCUT2D eigenvalue weighted by Crippen LogP contribution is -2.53. The van der Waals surface area contributed by atoms with E-state index in [-0.39, 0.29) is 23.8 Å². The lowest BCUT2D eigenvalue weighted by atomic mass is 10.0. The minimum atomic E-state index is -4.12. The molecule has 0 radical (unpaired) electrons. The molecule has 44 heavy (non-hydrogen) atoms. The Balaban J connectivity index is 1.78. The number of rotatable bonds is 14. The van der Waals surface area contributed by atoms with Crippen molar-refractivity contribution in [3.05, 3.63) is 130 Å². The Morgan fingerprint density at radius 3 is 2.14 bits per heavy atom. The van der Waals surface area contributed by atoms with Crippen molar-refractivity contribution in [1.29, 1.82) is 0 Å². The smallest absolute Gasteiger partial charge is 0.264 e. The minimum absolute atomic E-state index is 0.0758. The maximum absolute atomic E-state index is 14.5. The lowest BCUT2D eigenvalue weighted by molar-refractivity contribution is -0.140. The summed E-state index contributed by atoms with van der Waals surface area (Å²) in [6.45, 7) is 4.04. The van der Waals surface area contributed by atoms with Gasteiger partial charge in [-0.05, 0) is 66.4 Å². The van der Waals surface area contributed by atoms with Gasteiger partial charge in [-0.1, -0.05) is 102 Å². The standard InChI is InChI=1S/C35H38BrN3O4S/c1-3-4-22-37-35(41)33(24-28-13-7-5-8-14-28)38(25-29-18-20-30(36)21-19-29)34(40)26-39(31-15-11-12-27(2)23-31)44(42,43)32-16-9-6-10-17-32/h5-21,23,33H,3-4,22,24-26H2,1-2H3,(H,37,41)/t33-/m1/s1. The number of aryl methyl sites for hydroxylation is 1. The number of nitrogens with one attached hydrogen (secondary N) is 1. The van der Waals surface area contributed by atoms with E-state index in [0.717, 1.165) is 38.3 Å². The molecule has 0 heterocycles. The Hall–Kier alpha value is -3.95. The van der Waals surface area contributed by atoms with Crippen molar-refractivity contribution in [3.8, 4) is 0 Å². The monoisotopic (exact) mass is 675 g/mol. The summed E-state index contributed by atoms with van der Waals surface area (Å²) in [5.74, 6) is -0.763. The van der Waals surface area contributed by atoms with Gasteiger partial charge in [0, 0.05) is 24.0 Å². The van der Waals surface area contributed by atoms with Crippen LogP contribution in [0.25, 0.3) is 0 Å². The van der Waals surface area contributed by atoms with Gasteiger partial charge in [-0.3, -0.25) is 13.9 Å². The zero-order chi connectivity index (χ0) is 31.5. The Bertz CT molecular complexity index is 1630. The number of hydrogen-bond donors (Lipinski definition) is 1. The van der Waals surface area contributed by atoms with Gasteiger partial charge in [-0.15, -0.1) is 0 Å². The van der Waals surface area contributed by atoms with Crippen LogP contribution in [-0.4, -0.2) is 44.3 Å². The van der Waals surface area contributed by atoms with Crippen molar-refractivity contribution < 1.29 is 18.0 Å². The fourth-order valence-electron chi connectivity index (χ4n) is 4.88. The highest BCUT2D eigenvalue weighted by Gasteiger charge is 2.34. The Labute approximate surface area is 269 Å². The Morgan fingerprint density at radius 2 is 1.50 bits per heavy atom. The van der Waals surface area contributed by atoms with E-state index < -0.39 is 28.5 Å². The zero-order valence-corrected chi connectivity index (χ0v) is 27.4. The molecular formula is C35H38BrN3O4S. The average Bonchev–Trinajstić information content (AvgIpc) is 3.03. The number of amides is 2. The third-order valence-corrected chi connectivity index (χ3v) is 9.58. The van der Waals surface area contributed by atoms with Gasteiger partial charge in [0.1, 0.15) is 12.6 Å². The molecule has 0 bridgehead atoms. The first kappa shape index (κ1) is 33.0. The summed E-state index contributed by atoms with van der Waals surface area (Å²) in [4.78, 5) is 29.8. The summed E-state index contributed by atoms with van der Waals surface area (Å²) >= 11 is 3.46. The molecule has 1 N–H and O–H groups in total. The summed E-state index contributed by atoms with van der Waals surface area (Å²) in [5.41, 5.74) is 2.93. The van der Waals surface area contributed by atoms with E-state index in [1.807, 2.05) is 74.5 Å². The molecule has 2 amide bonds. The molecule has 0 aliphatic rings. The summed E-state index contributed by atoms with van der Waals surface area (Å²) in [6, 6.07) is 31.3. The van der Waals surface area contributed by atoms with Crippen LogP contribution in [0, 0.1) is 6.92 Å². The average molecular weight is 677 g/mol. The van der Waals surface area contributed by atoms with Crippen molar-refractivity contribution in [2.45, 2.75) is 50.6 Å². The predicted molar refractivity (Wildman–Crippen MR) is 179 cm³/mol. The molecule has 4 rings (SSSR count). The fourth-order valence-corrected chi connectivity index (χ4v) is 6.57. The van der Waals surface area contributed by atoms with Crippen LogP contribution >= 0.6 is 15.9 Å². The highest BCUT2D eigenvalue weighted by Crippen LogP contribution is 2.26. The molecule has 0 spiro atoms. The highest BCUT2D eigenvalue weighted by molar-refractivity contribution is 9.10. The SMILES string of the molecule is CCCCNC(=O)[C@@H](Cc1ccccc1)N(Cc1ccc(Br)cc1)C(=O)CN(c1cccc(C)c1)S(=O)(=O)c1ccccc1. The van der Waals surface area contributed by atoms with Crippen LogP contribution in [0.4, 0.5) is 5.69 Å². The molecule has 0 aliphatic carbocycles. The molecule has 4 aromatic rings. The van der Waals surface area contributed by atoms with Crippen molar-refractivity contribution >= 4 is 43.5 Å². The molecule has 9 heteroatoms. The summed E-state index contributed by atoms with van der Waals surface area (Å²) in [5, 5.41) is 3.01. The first-order chi connectivity index (χ1) is 21.2. The van der Waals surface area contributed by atoms with Crippen molar-refractivity contribution in [2.24, 2.45) is 0 Å². The van der Waals surface area contributed by atoms with Crippen molar-refractivity contribution in [1.82, 2.24) is 10.2 Å². The zero-order valence-electron chi connectivity index (χ0n) is 25.0. The van der Waals surface area contributed by atoms with Gasteiger partial charge in [0.15, 0.2) is 0 Å².